The highest BCUT2D eigenvalue weighted by molar-refractivity contribution is 9.10. The molecule has 0 radical (unpaired) electrons. The molecule has 2 fully saturated rings. The molecule has 0 bridgehead atoms. The van der Waals surface area contributed by atoms with Gasteiger partial charge in [0.15, 0.2) is 11.5 Å². The first-order valence-electron chi connectivity index (χ1n) is 10.5. The van der Waals surface area contributed by atoms with E-state index < -0.39 is 6.29 Å². The quantitative estimate of drug-likeness (QED) is 0.562. The Balaban J connectivity index is 1.37. The molecule has 2 aromatic carbocycles. The normalized spacial score (nSPS) is 23.8. The van der Waals surface area contributed by atoms with E-state index in [1.54, 1.807) is 0 Å². The minimum Gasteiger partial charge on any atom is -0.486 e. The summed E-state index contributed by atoms with van der Waals surface area (Å²) in [6, 6.07) is 12.5. The van der Waals surface area contributed by atoms with Gasteiger partial charge < -0.3 is 18.9 Å². The van der Waals surface area contributed by atoms with Crippen molar-refractivity contribution in [3.8, 4) is 11.5 Å². The van der Waals surface area contributed by atoms with Gasteiger partial charge in [-0.3, -0.25) is 4.79 Å². The van der Waals surface area contributed by atoms with Gasteiger partial charge in [0.05, 0.1) is 6.10 Å². The lowest BCUT2D eigenvalue weighted by Gasteiger charge is -2.35. The summed E-state index contributed by atoms with van der Waals surface area (Å²) < 4.78 is 24.0. The van der Waals surface area contributed by atoms with Crippen molar-refractivity contribution in [1.29, 1.82) is 0 Å². The summed E-state index contributed by atoms with van der Waals surface area (Å²) in [6.07, 6.45) is 4.43. The van der Waals surface area contributed by atoms with E-state index in [0.29, 0.717) is 13.2 Å². The van der Waals surface area contributed by atoms with Crippen LogP contribution in [-0.4, -0.2) is 25.5 Å². The second-order valence-electron chi connectivity index (χ2n) is 8.58. The highest BCUT2D eigenvalue weighted by atomic mass is 79.9. The van der Waals surface area contributed by atoms with Crippen LogP contribution < -0.4 is 9.47 Å². The highest BCUT2D eigenvalue weighted by Gasteiger charge is 2.50. The number of hydrogen-bond acceptors (Lipinski definition) is 5. The van der Waals surface area contributed by atoms with Crippen LogP contribution in [0.25, 0.3) is 0 Å². The van der Waals surface area contributed by atoms with Crippen molar-refractivity contribution in [3.05, 3.63) is 57.6 Å². The van der Waals surface area contributed by atoms with E-state index in [2.05, 4.69) is 46.3 Å². The van der Waals surface area contributed by atoms with Gasteiger partial charge in [-0.1, -0.05) is 34.1 Å². The predicted octanol–water partition coefficient (Wildman–Crippen LogP) is 5.33. The fourth-order valence-corrected chi connectivity index (χ4v) is 4.88. The smallest absolute Gasteiger partial charge is 0.304 e. The zero-order valence-corrected chi connectivity index (χ0v) is 18.6. The second-order valence-corrected chi connectivity index (χ2v) is 9.43. The van der Waals surface area contributed by atoms with Crippen molar-refractivity contribution in [3.63, 3.8) is 0 Å². The van der Waals surface area contributed by atoms with Crippen LogP contribution >= 0.6 is 15.9 Å². The maximum absolute atomic E-state index is 11.5. The van der Waals surface area contributed by atoms with Gasteiger partial charge in [-0.2, -0.15) is 0 Å². The molecule has 1 unspecified atom stereocenters. The van der Waals surface area contributed by atoms with Gasteiger partial charge in [0.2, 0.25) is 6.29 Å². The number of halogens is 1. The number of esters is 1. The average Bonchev–Trinajstić information content (AvgIpc) is 3.46. The molecule has 2 heterocycles. The van der Waals surface area contributed by atoms with E-state index in [1.807, 2.05) is 6.07 Å². The van der Waals surface area contributed by atoms with Crippen LogP contribution in [0.4, 0.5) is 0 Å². The zero-order chi connectivity index (χ0) is 20.7. The molecule has 2 atom stereocenters. The van der Waals surface area contributed by atoms with Crippen molar-refractivity contribution >= 4 is 21.9 Å². The second kappa shape index (κ2) is 7.89. The SMILES string of the molecule is CC(=O)OC1CC2(CC2)C[C@H](c2ccc(Br)c(Cc3ccc4c(c3)OCCO4)c2)O1. The first-order valence-corrected chi connectivity index (χ1v) is 11.3. The van der Waals surface area contributed by atoms with Gasteiger partial charge in [-0.15, -0.1) is 0 Å². The summed E-state index contributed by atoms with van der Waals surface area (Å²) in [5.41, 5.74) is 3.76. The summed E-state index contributed by atoms with van der Waals surface area (Å²) in [5, 5.41) is 0. The molecular weight excluding hydrogens is 448 g/mol. The lowest BCUT2D eigenvalue weighted by Crippen LogP contribution is -2.32. The van der Waals surface area contributed by atoms with Crippen molar-refractivity contribution in [2.24, 2.45) is 5.41 Å². The fourth-order valence-electron chi connectivity index (χ4n) is 4.49. The Morgan fingerprint density at radius 3 is 2.67 bits per heavy atom. The summed E-state index contributed by atoms with van der Waals surface area (Å²) in [5.74, 6) is 1.33. The van der Waals surface area contributed by atoms with E-state index in [0.717, 1.165) is 46.4 Å². The molecule has 0 N–H and O–H groups in total. The van der Waals surface area contributed by atoms with E-state index in [4.69, 9.17) is 18.9 Å². The Hall–Kier alpha value is -2.05. The molecule has 2 aromatic rings. The monoisotopic (exact) mass is 472 g/mol. The average molecular weight is 473 g/mol. The molecule has 6 heteroatoms. The third-order valence-electron chi connectivity index (χ3n) is 6.23. The van der Waals surface area contributed by atoms with E-state index in [1.165, 1.54) is 25.3 Å². The molecule has 2 aliphatic heterocycles. The topological polar surface area (TPSA) is 54.0 Å². The maximum atomic E-state index is 11.5. The van der Waals surface area contributed by atoms with Crippen molar-refractivity contribution in [2.75, 3.05) is 13.2 Å². The molecule has 1 spiro atoms. The van der Waals surface area contributed by atoms with E-state index in [-0.39, 0.29) is 17.5 Å². The van der Waals surface area contributed by atoms with E-state index in [9.17, 15) is 4.79 Å². The lowest BCUT2D eigenvalue weighted by atomic mass is 9.87. The van der Waals surface area contributed by atoms with Crippen molar-refractivity contribution in [1.82, 2.24) is 0 Å². The standard InChI is InChI=1S/C24H25BrO5/c1-15(26)29-23-14-24(6-7-24)13-22(30-23)17-3-4-19(25)18(12-17)10-16-2-5-20-21(11-16)28-9-8-27-20/h2-5,11-12,22-23H,6-10,13-14H2,1H3/t22-,23?/m1/s1. The summed E-state index contributed by atoms with van der Waals surface area (Å²) in [6.45, 7) is 2.62. The number of fused-ring (bicyclic) bond motifs is 1. The highest BCUT2D eigenvalue weighted by Crippen LogP contribution is 2.59. The van der Waals surface area contributed by atoms with Crippen LogP contribution in [0, 0.1) is 5.41 Å². The molecule has 5 rings (SSSR count). The van der Waals surface area contributed by atoms with Gasteiger partial charge >= 0.3 is 5.97 Å². The number of carbonyl (C=O) groups is 1. The van der Waals surface area contributed by atoms with Crippen LogP contribution in [0.15, 0.2) is 40.9 Å². The molecule has 3 aliphatic rings. The largest absolute Gasteiger partial charge is 0.486 e. The number of ether oxygens (including phenoxy) is 4. The van der Waals surface area contributed by atoms with Crippen molar-refractivity contribution < 1.29 is 23.7 Å². The lowest BCUT2D eigenvalue weighted by molar-refractivity contribution is -0.212. The molecule has 158 valence electrons. The molecule has 0 amide bonds. The molecule has 5 nitrogen and oxygen atoms in total. The molecule has 1 saturated carbocycles. The summed E-state index contributed by atoms with van der Waals surface area (Å²) in [7, 11) is 0. The van der Waals surface area contributed by atoms with Crippen LogP contribution in [0.3, 0.4) is 0 Å². The minimum absolute atomic E-state index is 0.0577. The number of hydrogen-bond donors (Lipinski definition) is 0. The summed E-state index contributed by atoms with van der Waals surface area (Å²) >= 11 is 3.70. The summed E-state index contributed by atoms with van der Waals surface area (Å²) in [4.78, 5) is 11.5. The predicted molar refractivity (Wildman–Crippen MR) is 115 cm³/mol. The third-order valence-corrected chi connectivity index (χ3v) is 7.00. The molecule has 0 aromatic heterocycles. The Morgan fingerprint density at radius 2 is 1.90 bits per heavy atom. The van der Waals surface area contributed by atoms with Crippen LogP contribution in [0.1, 0.15) is 55.4 Å². The Morgan fingerprint density at radius 1 is 1.10 bits per heavy atom. The molecule has 30 heavy (non-hydrogen) atoms. The van der Waals surface area contributed by atoms with Crippen LogP contribution in [0.2, 0.25) is 0 Å². The minimum atomic E-state index is -0.450. The first kappa shape index (κ1) is 19.9. The van der Waals surface area contributed by atoms with Gasteiger partial charge in [0.1, 0.15) is 13.2 Å². The fraction of sp³-hybridized carbons (Fsp3) is 0.458. The van der Waals surface area contributed by atoms with Crippen molar-refractivity contribution in [2.45, 2.75) is 51.4 Å². The van der Waals surface area contributed by atoms with Gasteiger partial charge in [-0.25, -0.2) is 0 Å². The Labute approximate surface area is 184 Å². The van der Waals surface area contributed by atoms with Gasteiger partial charge in [-0.05, 0) is 66.0 Å². The zero-order valence-electron chi connectivity index (χ0n) is 17.0. The molecular formula is C24H25BrO5. The van der Waals surface area contributed by atoms with Gasteiger partial charge in [0, 0.05) is 17.8 Å². The number of rotatable bonds is 4. The molecule has 1 saturated heterocycles. The Bertz CT molecular complexity index is 968. The molecule has 1 aliphatic carbocycles. The maximum Gasteiger partial charge on any atom is 0.304 e. The number of carbonyl (C=O) groups excluding carboxylic acids is 1. The Kier molecular flexibility index (Phi) is 5.23. The van der Waals surface area contributed by atoms with E-state index >= 15 is 0 Å². The first-order chi connectivity index (χ1) is 14.5. The van der Waals surface area contributed by atoms with Crippen LogP contribution in [-0.2, 0) is 20.7 Å². The van der Waals surface area contributed by atoms with Crippen LogP contribution in [0.5, 0.6) is 11.5 Å². The third kappa shape index (κ3) is 4.21. The van der Waals surface area contributed by atoms with Gasteiger partial charge in [0.25, 0.3) is 0 Å². The number of benzene rings is 2.